The molecule has 0 radical (unpaired) electrons. The van der Waals surface area contributed by atoms with Crippen LogP contribution in [0.2, 0.25) is 0 Å². The van der Waals surface area contributed by atoms with Crippen molar-refractivity contribution in [1.82, 2.24) is 29.7 Å². The molecule has 2 amide bonds. The van der Waals surface area contributed by atoms with E-state index >= 15 is 0 Å². The van der Waals surface area contributed by atoms with Crippen LogP contribution in [0.5, 0.6) is 0 Å². The molecular weight excluding hydrogens is 943 g/mol. The molecule has 1 saturated heterocycles. The summed E-state index contributed by atoms with van der Waals surface area (Å²) in [4.78, 5) is 94.8. The van der Waals surface area contributed by atoms with Gasteiger partial charge in [-0.15, -0.1) is 5.10 Å². The first kappa shape index (κ1) is 52.9. The summed E-state index contributed by atoms with van der Waals surface area (Å²) >= 11 is 0. The summed E-state index contributed by atoms with van der Waals surface area (Å²) in [5.41, 5.74) is -3.54. The highest BCUT2D eigenvalue weighted by Gasteiger charge is 2.78. The Labute approximate surface area is 412 Å². The number of carbonyl (C=O) groups excluding carboxylic acids is 6. The van der Waals surface area contributed by atoms with Crippen LogP contribution in [0.15, 0.2) is 82.9 Å². The zero-order valence-corrected chi connectivity index (χ0v) is 41.1. The third-order valence-electron chi connectivity index (χ3n) is 14.3. The number of fused-ring (bicyclic) bond motifs is 6. The molecule has 2 bridgehead atoms. The summed E-state index contributed by atoms with van der Waals surface area (Å²) in [6.45, 7) is 11.8. The molecule has 3 aliphatic carbocycles. The molecule has 0 spiro atoms. The largest absolute Gasteiger partial charge is 0.456 e. The minimum absolute atomic E-state index is 0.0600. The number of hydrogen-bond donors (Lipinski definition) is 6. The fraction of sp³-hybridized carbons (Fsp3) is 0.510. The van der Waals surface area contributed by atoms with Crippen LogP contribution in [0.25, 0.3) is 5.65 Å². The summed E-state index contributed by atoms with van der Waals surface area (Å²) < 4.78 is 31.6. The quantitative estimate of drug-likeness (QED) is 0.0779. The van der Waals surface area contributed by atoms with Gasteiger partial charge in [-0.25, -0.2) is 28.6 Å². The zero-order chi connectivity index (χ0) is 53.0. The first-order chi connectivity index (χ1) is 33.6. The van der Waals surface area contributed by atoms with Crippen molar-refractivity contribution < 1.29 is 72.9 Å². The molecule has 7 N–H and O–H groups in total. The lowest BCUT2D eigenvalue weighted by atomic mass is 9.44. The van der Waals surface area contributed by atoms with Gasteiger partial charge in [0.1, 0.15) is 41.9 Å². The average molecular weight is 1000 g/mol. The van der Waals surface area contributed by atoms with Gasteiger partial charge in [0.25, 0.3) is 5.91 Å². The number of nitrogens with zero attached hydrogens (tertiary/aromatic N) is 5. The number of nitrogens with two attached hydrogens (primary N) is 1. The third kappa shape index (κ3) is 9.14. The number of alkyl carbamates (subject to hydrolysis) is 1. The summed E-state index contributed by atoms with van der Waals surface area (Å²) in [5.74, 6) is -6.10. The van der Waals surface area contributed by atoms with Crippen LogP contribution in [0.4, 0.5) is 4.79 Å². The Bertz CT molecular complexity index is 2880. The van der Waals surface area contributed by atoms with Crippen molar-refractivity contribution in [2.75, 3.05) is 6.61 Å². The van der Waals surface area contributed by atoms with Crippen molar-refractivity contribution in [3.8, 4) is 0 Å². The van der Waals surface area contributed by atoms with Crippen molar-refractivity contribution in [1.29, 1.82) is 0 Å². The molecule has 23 heteroatoms. The number of primary amides is 1. The van der Waals surface area contributed by atoms with E-state index in [0.29, 0.717) is 5.56 Å². The molecule has 3 fully saturated rings. The van der Waals surface area contributed by atoms with Crippen molar-refractivity contribution in [2.45, 2.75) is 128 Å². The number of aliphatic hydroxyl groups excluding tert-OH is 3. The lowest BCUT2D eigenvalue weighted by Crippen LogP contribution is -2.81. The Kier molecular flexibility index (Phi) is 14.1. The molecule has 2 saturated carbocycles. The lowest BCUT2D eigenvalue weighted by Gasteiger charge is -2.67. The molecule has 11 atom stereocenters. The number of carbonyl (C=O) groups is 6. The maximum atomic E-state index is 14.9. The Morgan fingerprint density at radius 2 is 1.60 bits per heavy atom. The van der Waals surface area contributed by atoms with Gasteiger partial charge in [0.15, 0.2) is 28.8 Å². The maximum absolute atomic E-state index is 14.9. The van der Waals surface area contributed by atoms with Crippen LogP contribution >= 0.6 is 0 Å². The highest BCUT2D eigenvalue weighted by molar-refractivity contribution is 5.96. The molecule has 23 nitrogen and oxygen atoms in total. The van der Waals surface area contributed by atoms with Gasteiger partial charge in [-0.2, -0.15) is 4.68 Å². The van der Waals surface area contributed by atoms with Crippen molar-refractivity contribution >= 4 is 41.3 Å². The van der Waals surface area contributed by atoms with E-state index in [1.165, 1.54) is 39.4 Å². The second-order valence-corrected chi connectivity index (χ2v) is 20.2. The van der Waals surface area contributed by atoms with E-state index < -0.39 is 124 Å². The summed E-state index contributed by atoms with van der Waals surface area (Å²) in [6.07, 6.45) is -10.3. The number of amides is 2. The van der Waals surface area contributed by atoms with Crippen molar-refractivity contribution in [2.24, 2.45) is 29.5 Å². The number of rotatable bonds is 9. The first-order valence-electron chi connectivity index (χ1n) is 23.0. The van der Waals surface area contributed by atoms with Crippen LogP contribution in [-0.4, -0.2) is 141 Å². The standard InChI is InChI=1S/C43H53NO14.C6H6N6O2/c1-22-26(55-37(51)32(48)30(24-15-11-9-12-16-24)44-38(52)58-39(3,4)5)20-43(53)35(56-36(50)25-17-13-10-14-18-25)33-41(8,34(49)31(47)29(22)40(43,6)7)27(46)19-28-42(33,21-54-28)57-23(2)45;1-11-6(14)12-2-8-3(4(7)13)5(12)9-10-11/h9-18,26-28,30-33,35,46-48,53H,19-21H2,1-8H3,(H,44,52);2H,1H3,(H2,7,13)/t26-,27-,28+,30-,31+,32?,33-,35-,41+,42-,43+;/m0./s1. The second-order valence-electron chi connectivity index (χ2n) is 20.2. The number of benzene rings is 2. The molecule has 2 aromatic carbocycles. The number of ketones is 1. The monoisotopic (exact) mass is 1000 g/mol. The van der Waals surface area contributed by atoms with Crippen molar-refractivity contribution in [3.05, 3.63) is 105 Å². The molecule has 1 unspecified atom stereocenters. The van der Waals surface area contributed by atoms with Crippen LogP contribution < -0.4 is 16.7 Å². The van der Waals surface area contributed by atoms with Gasteiger partial charge in [-0.1, -0.05) is 67.6 Å². The normalized spacial score (nSPS) is 29.2. The van der Waals surface area contributed by atoms with Gasteiger partial charge in [-0.3, -0.25) is 14.4 Å². The third-order valence-corrected chi connectivity index (χ3v) is 14.3. The maximum Gasteiger partial charge on any atom is 0.408 e. The predicted molar refractivity (Wildman–Crippen MR) is 248 cm³/mol. The summed E-state index contributed by atoms with van der Waals surface area (Å²) in [6, 6.07) is 14.6. The van der Waals surface area contributed by atoms with Gasteiger partial charge in [-0.05, 0) is 63.5 Å². The topological polar surface area (TPSA) is 333 Å². The van der Waals surface area contributed by atoms with Crippen LogP contribution in [0.3, 0.4) is 0 Å². The highest BCUT2D eigenvalue weighted by Crippen LogP contribution is 2.64. The van der Waals surface area contributed by atoms with Gasteiger partial charge in [0.05, 0.1) is 35.6 Å². The summed E-state index contributed by atoms with van der Waals surface area (Å²) in [7, 11) is 1.44. The van der Waals surface area contributed by atoms with E-state index in [1.807, 2.05) is 0 Å². The SMILES string of the molecule is CC(=O)O[C@@]12CO[C@@H]1C[C@H](O)[C@@]1(C)C(=O)[C@H](O)C3=C(C)[C@@H](OC(=O)C(O)[C@@H](NC(=O)OC(C)(C)C)c4ccccc4)C[C@@](O)([C@@H](OC(=O)c4ccccc4)[C@H]21)C3(C)C.Cn1nnc2c(C(N)=O)ncn2c1=O. The Balaban J connectivity index is 0.000000464. The average Bonchev–Trinajstić information content (AvgIpc) is 3.76. The number of aromatic nitrogens is 5. The summed E-state index contributed by atoms with van der Waals surface area (Å²) in [5, 5.41) is 58.7. The van der Waals surface area contributed by atoms with Crippen molar-refractivity contribution in [3.63, 3.8) is 0 Å². The van der Waals surface area contributed by atoms with E-state index in [1.54, 1.807) is 83.1 Å². The molecule has 3 heterocycles. The zero-order valence-electron chi connectivity index (χ0n) is 41.1. The van der Waals surface area contributed by atoms with E-state index in [0.717, 1.165) is 16.0 Å². The van der Waals surface area contributed by atoms with Gasteiger partial charge >= 0.3 is 29.7 Å². The van der Waals surface area contributed by atoms with Gasteiger partial charge in [0, 0.05) is 32.2 Å². The highest BCUT2D eigenvalue weighted by atomic mass is 16.6. The number of esters is 3. The predicted octanol–water partition coefficient (Wildman–Crippen LogP) is 1.18. The second kappa shape index (κ2) is 19.3. The Morgan fingerprint density at radius 1 is 0.972 bits per heavy atom. The lowest BCUT2D eigenvalue weighted by molar-refractivity contribution is -0.346. The number of aliphatic hydroxyl groups is 4. The van der Waals surface area contributed by atoms with Gasteiger partial charge < -0.3 is 55.2 Å². The minimum Gasteiger partial charge on any atom is -0.456 e. The number of ether oxygens (including phenoxy) is 5. The minimum atomic E-state index is -2.35. The molecule has 4 aliphatic rings. The Hall–Kier alpha value is -6.92. The van der Waals surface area contributed by atoms with Crippen LogP contribution in [-0.2, 0) is 45.1 Å². The molecule has 8 rings (SSSR count). The first-order valence-corrected chi connectivity index (χ1v) is 23.0. The molecule has 4 aromatic rings. The van der Waals surface area contributed by atoms with Crippen LogP contribution in [0, 0.1) is 16.7 Å². The molecule has 386 valence electrons. The van der Waals surface area contributed by atoms with Crippen LogP contribution in [0.1, 0.15) is 101 Å². The molecular formula is C49H59N7O16. The van der Waals surface area contributed by atoms with E-state index in [-0.39, 0.29) is 41.1 Å². The van der Waals surface area contributed by atoms with E-state index in [4.69, 9.17) is 29.4 Å². The number of Topliss-reactive ketones (excluding diaryl/α,β-unsaturated/α-hetero) is 1. The molecule has 1 aliphatic heterocycles. The fourth-order valence-corrected chi connectivity index (χ4v) is 10.6. The van der Waals surface area contributed by atoms with E-state index in [9.17, 15) is 54.0 Å². The number of hydrogen-bond acceptors (Lipinski definition) is 19. The number of imidazole rings is 1. The molecule has 72 heavy (non-hydrogen) atoms. The fourth-order valence-electron chi connectivity index (χ4n) is 10.6. The number of nitrogens with one attached hydrogen (secondary N) is 1. The number of aryl methyl sites for hydroxylation is 1. The molecule has 2 aromatic heterocycles. The van der Waals surface area contributed by atoms with Gasteiger partial charge in [0.2, 0.25) is 0 Å². The Morgan fingerprint density at radius 3 is 2.17 bits per heavy atom. The van der Waals surface area contributed by atoms with E-state index in [2.05, 4.69) is 20.6 Å². The smallest absolute Gasteiger partial charge is 0.408 e.